The van der Waals surface area contributed by atoms with Gasteiger partial charge < -0.3 is 9.22 Å². The van der Waals surface area contributed by atoms with Crippen LogP contribution < -0.4 is 0 Å². The molecule has 0 radical (unpaired) electrons. The lowest BCUT2D eigenvalue weighted by Crippen LogP contribution is -2.54. The largest absolute Gasteiger partial charge is 0.417 e. The normalized spacial score (nSPS) is 23.5. The average molecular weight is 423 g/mol. The zero-order chi connectivity index (χ0) is 21.1. The monoisotopic (exact) mass is 422 g/mol. The molecule has 2 rings (SSSR count). The molecule has 0 saturated heterocycles. The fourth-order valence-corrected chi connectivity index (χ4v) is 6.37. The number of rotatable bonds is 9. The second kappa shape index (κ2) is 8.64. The van der Waals surface area contributed by atoms with Crippen molar-refractivity contribution in [3.05, 3.63) is 42.5 Å². The maximum atomic E-state index is 13.0. The molecule has 1 aromatic carbocycles. The molecule has 6 heteroatoms. The first kappa shape index (κ1) is 23.0. The number of sulfone groups is 1. The average Bonchev–Trinajstić information content (AvgIpc) is 2.60. The van der Waals surface area contributed by atoms with E-state index in [0.717, 1.165) is 19.3 Å². The van der Waals surface area contributed by atoms with E-state index in [0.29, 0.717) is 19.3 Å². The molecular weight excluding hydrogens is 388 g/mol. The molecule has 1 aromatic rings. The molecule has 0 unspecified atom stereocenters. The fraction of sp³-hybridized carbons (Fsp3) is 0.591. The SMILES string of the molecule is CC(C)(C)[Si](C)(C)OCCC/C=C/[C@H]1CC[C@]1(C=O)S(=O)(=O)c1ccccc1. The van der Waals surface area contributed by atoms with Crippen LogP contribution in [-0.4, -0.2) is 34.4 Å². The minimum Gasteiger partial charge on any atom is -0.417 e. The summed E-state index contributed by atoms with van der Waals surface area (Å²) in [6.07, 6.45) is 7.41. The van der Waals surface area contributed by atoms with Gasteiger partial charge in [-0.25, -0.2) is 8.42 Å². The number of unbranched alkanes of at least 4 members (excludes halogenated alkanes) is 1. The van der Waals surface area contributed by atoms with Crippen molar-refractivity contribution in [1.29, 1.82) is 0 Å². The number of aldehydes is 1. The van der Waals surface area contributed by atoms with Gasteiger partial charge in [-0.05, 0) is 55.9 Å². The van der Waals surface area contributed by atoms with E-state index in [1.807, 2.05) is 12.2 Å². The smallest absolute Gasteiger partial charge is 0.191 e. The molecule has 4 nitrogen and oxygen atoms in total. The van der Waals surface area contributed by atoms with Crippen LogP contribution >= 0.6 is 0 Å². The van der Waals surface area contributed by atoms with Gasteiger partial charge in [0.2, 0.25) is 0 Å². The van der Waals surface area contributed by atoms with Gasteiger partial charge >= 0.3 is 0 Å². The Hall–Kier alpha value is -1.24. The van der Waals surface area contributed by atoms with E-state index in [4.69, 9.17) is 4.43 Å². The van der Waals surface area contributed by atoms with Gasteiger partial charge in [0.25, 0.3) is 0 Å². The zero-order valence-corrected chi connectivity index (χ0v) is 19.6. The topological polar surface area (TPSA) is 60.4 Å². The van der Waals surface area contributed by atoms with Crippen LogP contribution in [0.1, 0.15) is 46.5 Å². The summed E-state index contributed by atoms with van der Waals surface area (Å²) in [5.41, 5.74) is 0. The first-order valence-corrected chi connectivity index (χ1v) is 14.4. The lowest BCUT2D eigenvalue weighted by Gasteiger charge is -2.43. The van der Waals surface area contributed by atoms with Crippen LogP contribution in [0, 0.1) is 5.92 Å². The molecule has 1 fully saturated rings. The Morgan fingerprint density at radius 2 is 1.86 bits per heavy atom. The third-order valence-corrected chi connectivity index (χ3v) is 13.4. The zero-order valence-electron chi connectivity index (χ0n) is 17.8. The van der Waals surface area contributed by atoms with Crippen LogP contribution in [0.4, 0.5) is 0 Å². The third-order valence-electron chi connectivity index (χ3n) is 6.38. The predicted molar refractivity (Wildman–Crippen MR) is 117 cm³/mol. The van der Waals surface area contributed by atoms with Crippen LogP contribution in [-0.2, 0) is 19.1 Å². The van der Waals surface area contributed by atoms with E-state index in [1.165, 1.54) is 0 Å². The molecule has 0 bridgehead atoms. The molecule has 0 aromatic heterocycles. The summed E-state index contributed by atoms with van der Waals surface area (Å²) in [6, 6.07) is 8.29. The summed E-state index contributed by atoms with van der Waals surface area (Å²) in [5, 5.41) is 0.199. The lowest BCUT2D eigenvalue weighted by atomic mass is 9.73. The standard InChI is InChI=1S/C22H34O4SSi/c1-21(2,3)28(4,5)26-17-11-7-8-12-19-15-16-22(19,18-23)27(24,25)20-13-9-6-10-14-20/h6,8-10,12-14,18-19H,7,11,15-17H2,1-5H3/b12-8+/t19-,22+/m0/s1. The molecule has 0 N–H and O–H groups in total. The van der Waals surface area contributed by atoms with Gasteiger partial charge in [-0.1, -0.05) is 51.1 Å². The molecule has 0 amide bonds. The van der Waals surface area contributed by atoms with E-state index >= 15 is 0 Å². The summed E-state index contributed by atoms with van der Waals surface area (Å²) in [7, 11) is -5.41. The maximum absolute atomic E-state index is 13.0. The molecule has 0 aliphatic heterocycles. The van der Waals surface area contributed by atoms with Gasteiger partial charge in [0.15, 0.2) is 18.2 Å². The Morgan fingerprint density at radius 3 is 2.36 bits per heavy atom. The van der Waals surface area contributed by atoms with Gasteiger partial charge in [0, 0.05) is 12.5 Å². The van der Waals surface area contributed by atoms with Crippen LogP contribution in [0.2, 0.25) is 18.1 Å². The summed E-state index contributed by atoms with van der Waals surface area (Å²) in [4.78, 5) is 12.1. The molecule has 1 aliphatic carbocycles. The van der Waals surface area contributed by atoms with Crippen molar-refractivity contribution in [1.82, 2.24) is 0 Å². The van der Waals surface area contributed by atoms with Crippen LogP contribution in [0.15, 0.2) is 47.4 Å². The second-order valence-electron chi connectivity index (χ2n) is 9.21. The summed E-state index contributed by atoms with van der Waals surface area (Å²) >= 11 is 0. The quantitative estimate of drug-likeness (QED) is 0.238. The number of benzene rings is 1. The van der Waals surface area contributed by atoms with Crippen molar-refractivity contribution in [3.8, 4) is 0 Å². The maximum Gasteiger partial charge on any atom is 0.191 e. The van der Waals surface area contributed by atoms with E-state index in [1.54, 1.807) is 30.3 Å². The molecule has 28 heavy (non-hydrogen) atoms. The highest BCUT2D eigenvalue weighted by molar-refractivity contribution is 7.93. The molecule has 156 valence electrons. The number of carbonyl (C=O) groups is 1. The van der Waals surface area contributed by atoms with Gasteiger partial charge in [0.05, 0.1) is 4.90 Å². The predicted octanol–water partition coefficient (Wildman–Crippen LogP) is 5.17. The minimum absolute atomic E-state index is 0.199. The first-order valence-electron chi connectivity index (χ1n) is 10.0. The number of carbonyl (C=O) groups excluding carboxylic acids is 1. The Bertz CT molecular complexity index is 794. The van der Waals surface area contributed by atoms with Gasteiger partial charge in [-0.15, -0.1) is 0 Å². The first-order chi connectivity index (χ1) is 13.0. The van der Waals surface area contributed by atoms with Crippen molar-refractivity contribution < 1.29 is 17.6 Å². The van der Waals surface area contributed by atoms with Crippen LogP contribution in [0.25, 0.3) is 0 Å². The van der Waals surface area contributed by atoms with Crippen molar-refractivity contribution in [2.75, 3.05) is 6.61 Å². The van der Waals surface area contributed by atoms with Gasteiger partial charge in [0.1, 0.15) is 11.0 Å². The van der Waals surface area contributed by atoms with Gasteiger partial charge in [-0.2, -0.15) is 0 Å². The van der Waals surface area contributed by atoms with E-state index in [-0.39, 0.29) is 15.9 Å². The Morgan fingerprint density at radius 1 is 1.21 bits per heavy atom. The van der Waals surface area contributed by atoms with E-state index in [9.17, 15) is 13.2 Å². The molecule has 2 atom stereocenters. The number of allylic oxidation sites excluding steroid dienone is 2. The second-order valence-corrected chi connectivity index (χ2v) is 16.3. The highest BCUT2D eigenvalue weighted by Gasteiger charge is 2.56. The van der Waals surface area contributed by atoms with Crippen molar-refractivity contribution >= 4 is 24.4 Å². The van der Waals surface area contributed by atoms with Crippen molar-refractivity contribution in [2.24, 2.45) is 5.92 Å². The Labute approximate surface area is 171 Å². The van der Waals surface area contributed by atoms with Crippen molar-refractivity contribution in [2.45, 2.75) is 74.2 Å². The van der Waals surface area contributed by atoms with Gasteiger partial charge in [-0.3, -0.25) is 0 Å². The number of hydrogen-bond acceptors (Lipinski definition) is 4. The third kappa shape index (κ3) is 4.49. The Balaban J connectivity index is 1.95. The van der Waals surface area contributed by atoms with E-state index < -0.39 is 22.9 Å². The van der Waals surface area contributed by atoms with Crippen LogP contribution in [0.3, 0.4) is 0 Å². The van der Waals surface area contributed by atoms with Crippen molar-refractivity contribution in [3.63, 3.8) is 0 Å². The molecule has 1 aliphatic rings. The molecular formula is C22H34O4SSi. The molecule has 1 saturated carbocycles. The highest BCUT2D eigenvalue weighted by Crippen LogP contribution is 2.47. The fourth-order valence-electron chi connectivity index (χ4n) is 3.22. The highest BCUT2D eigenvalue weighted by atomic mass is 32.2. The lowest BCUT2D eigenvalue weighted by molar-refractivity contribution is -0.112. The minimum atomic E-state index is -3.68. The van der Waals surface area contributed by atoms with Crippen LogP contribution in [0.5, 0.6) is 0 Å². The molecule has 0 heterocycles. The number of hydrogen-bond donors (Lipinski definition) is 0. The molecule has 0 spiro atoms. The summed E-state index contributed by atoms with van der Waals surface area (Å²) in [6.45, 7) is 11.9. The summed E-state index contributed by atoms with van der Waals surface area (Å²) < 4.78 is 30.9. The summed E-state index contributed by atoms with van der Waals surface area (Å²) in [5.74, 6) is -0.253. The van der Waals surface area contributed by atoms with E-state index in [2.05, 4.69) is 33.9 Å². The Kier molecular flexibility index (Phi) is 7.11.